The van der Waals surface area contributed by atoms with Crippen molar-refractivity contribution in [1.29, 1.82) is 0 Å². The monoisotopic (exact) mass is 382 g/mol. The molecule has 2 aromatic rings. The van der Waals surface area contributed by atoms with Crippen molar-refractivity contribution in [3.05, 3.63) is 60.2 Å². The molecule has 0 unspecified atom stereocenters. The van der Waals surface area contributed by atoms with Crippen LogP contribution in [0.5, 0.6) is 5.75 Å². The Labute approximate surface area is 167 Å². The topological polar surface area (TPSA) is 58.6 Å². The highest BCUT2D eigenvalue weighted by molar-refractivity contribution is 6.10. The van der Waals surface area contributed by atoms with Gasteiger partial charge in [0.1, 0.15) is 11.2 Å². The summed E-state index contributed by atoms with van der Waals surface area (Å²) in [5, 5.41) is 2.87. The van der Waals surface area contributed by atoms with Crippen molar-refractivity contribution in [3.63, 3.8) is 0 Å². The van der Waals surface area contributed by atoms with E-state index in [-0.39, 0.29) is 17.9 Å². The van der Waals surface area contributed by atoms with E-state index in [2.05, 4.69) is 5.32 Å². The van der Waals surface area contributed by atoms with Crippen molar-refractivity contribution < 1.29 is 14.3 Å². The second-order valence-corrected chi connectivity index (χ2v) is 7.55. The summed E-state index contributed by atoms with van der Waals surface area (Å²) in [4.78, 5) is 27.8. The van der Waals surface area contributed by atoms with Crippen molar-refractivity contribution >= 4 is 17.5 Å². The Hall–Kier alpha value is -2.82. The van der Waals surface area contributed by atoms with Gasteiger partial charge in [0.2, 0.25) is 11.8 Å². The SMILES string of the molecule is CCN(Cc1ccccc1)C(=O)C(C)(C)C(=O)Nc1ccccc1OC(C)C. The smallest absolute Gasteiger partial charge is 0.239 e. The number of carbonyl (C=O) groups is 2. The van der Waals surface area contributed by atoms with Crippen LogP contribution in [0.1, 0.15) is 40.2 Å². The van der Waals surface area contributed by atoms with Crippen molar-refractivity contribution in [3.8, 4) is 5.75 Å². The lowest BCUT2D eigenvalue weighted by Gasteiger charge is -2.30. The van der Waals surface area contributed by atoms with Gasteiger partial charge in [-0.1, -0.05) is 42.5 Å². The van der Waals surface area contributed by atoms with Gasteiger partial charge in [-0.15, -0.1) is 0 Å². The Morgan fingerprint density at radius 1 is 1.04 bits per heavy atom. The molecule has 0 saturated heterocycles. The van der Waals surface area contributed by atoms with E-state index in [9.17, 15) is 9.59 Å². The van der Waals surface area contributed by atoms with Crippen LogP contribution in [0, 0.1) is 5.41 Å². The molecule has 2 aromatic carbocycles. The quantitative estimate of drug-likeness (QED) is 0.685. The number of anilines is 1. The van der Waals surface area contributed by atoms with Crippen molar-refractivity contribution in [2.75, 3.05) is 11.9 Å². The third-order valence-electron chi connectivity index (χ3n) is 4.49. The lowest BCUT2D eigenvalue weighted by atomic mass is 9.89. The van der Waals surface area contributed by atoms with Crippen molar-refractivity contribution in [2.45, 2.75) is 47.3 Å². The summed E-state index contributed by atoms with van der Waals surface area (Å²) < 4.78 is 5.76. The number of rotatable bonds is 8. The van der Waals surface area contributed by atoms with E-state index in [0.29, 0.717) is 24.5 Å². The number of para-hydroxylation sites is 2. The molecule has 1 N–H and O–H groups in total. The molecule has 0 heterocycles. The molecule has 0 aromatic heterocycles. The maximum absolute atomic E-state index is 13.1. The first-order valence-electron chi connectivity index (χ1n) is 9.66. The van der Waals surface area contributed by atoms with Crippen molar-refractivity contribution in [1.82, 2.24) is 4.90 Å². The molecule has 2 rings (SSSR count). The standard InChI is InChI=1S/C23H30N2O3/c1-6-25(16-18-12-8-7-9-13-18)22(27)23(4,5)21(26)24-19-14-10-11-15-20(19)28-17(2)3/h7-15,17H,6,16H2,1-5H3,(H,24,26). The third kappa shape index (κ3) is 5.35. The van der Waals surface area contributed by atoms with E-state index < -0.39 is 5.41 Å². The van der Waals surface area contributed by atoms with Crippen LogP contribution in [0.4, 0.5) is 5.69 Å². The summed E-state index contributed by atoms with van der Waals surface area (Å²) in [6.45, 7) is 10.1. The van der Waals surface area contributed by atoms with E-state index >= 15 is 0 Å². The number of hydrogen-bond donors (Lipinski definition) is 1. The van der Waals surface area contributed by atoms with Gasteiger partial charge in [-0.3, -0.25) is 9.59 Å². The maximum Gasteiger partial charge on any atom is 0.239 e. The average molecular weight is 383 g/mol. The fourth-order valence-electron chi connectivity index (χ4n) is 2.83. The van der Waals surface area contributed by atoms with Crippen LogP contribution < -0.4 is 10.1 Å². The van der Waals surface area contributed by atoms with Gasteiger partial charge < -0.3 is 15.0 Å². The summed E-state index contributed by atoms with van der Waals surface area (Å²) in [7, 11) is 0. The summed E-state index contributed by atoms with van der Waals surface area (Å²) in [6.07, 6.45) is -0.0193. The molecule has 0 atom stereocenters. The van der Waals surface area contributed by atoms with Gasteiger partial charge >= 0.3 is 0 Å². The Bertz CT molecular complexity index is 801. The van der Waals surface area contributed by atoms with E-state index in [1.54, 1.807) is 30.9 Å². The number of ether oxygens (including phenoxy) is 1. The molecule has 2 amide bonds. The molecular weight excluding hydrogens is 352 g/mol. The Balaban J connectivity index is 2.16. The van der Waals surface area contributed by atoms with Gasteiger partial charge in [-0.25, -0.2) is 0 Å². The molecule has 0 fully saturated rings. The fourth-order valence-corrected chi connectivity index (χ4v) is 2.83. The largest absolute Gasteiger partial charge is 0.489 e. The van der Waals surface area contributed by atoms with E-state index in [1.807, 2.05) is 63.2 Å². The van der Waals surface area contributed by atoms with Gasteiger partial charge in [0.15, 0.2) is 0 Å². The average Bonchev–Trinajstić information content (AvgIpc) is 2.67. The summed E-state index contributed by atoms with van der Waals surface area (Å²) in [5.74, 6) is 0.0214. The molecule has 0 aliphatic rings. The number of amides is 2. The number of hydrogen-bond acceptors (Lipinski definition) is 3. The first kappa shape index (κ1) is 21.5. The highest BCUT2D eigenvalue weighted by Crippen LogP contribution is 2.28. The third-order valence-corrected chi connectivity index (χ3v) is 4.49. The van der Waals surface area contributed by atoms with Gasteiger partial charge in [0.05, 0.1) is 11.8 Å². The van der Waals surface area contributed by atoms with Crippen LogP contribution in [-0.2, 0) is 16.1 Å². The lowest BCUT2D eigenvalue weighted by Crippen LogP contribution is -2.47. The summed E-state index contributed by atoms with van der Waals surface area (Å²) in [5.41, 5.74) is 0.383. The van der Waals surface area contributed by atoms with E-state index in [1.165, 1.54) is 0 Å². The van der Waals surface area contributed by atoms with Gasteiger partial charge in [0, 0.05) is 13.1 Å². The van der Waals surface area contributed by atoms with Crippen LogP contribution >= 0.6 is 0 Å². The van der Waals surface area contributed by atoms with E-state index in [4.69, 9.17) is 4.74 Å². The lowest BCUT2D eigenvalue weighted by molar-refractivity contribution is -0.146. The van der Waals surface area contributed by atoms with Gasteiger partial charge in [-0.05, 0) is 52.3 Å². The minimum absolute atomic E-state index is 0.0193. The van der Waals surface area contributed by atoms with Crippen LogP contribution in [-0.4, -0.2) is 29.4 Å². The molecule has 0 saturated carbocycles. The van der Waals surface area contributed by atoms with Crippen LogP contribution in [0.15, 0.2) is 54.6 Å². The van der Waals surface area contributed by atoms with Gasteiger partial charge in [-0.2, -0.15) is 0 Å². The molecule has 0 aliphatic heterocycles. The minimum atomic E-state index is -1.21. The number of nitrogens with zero attached hydrogens (tertiary/aromatic N) is 1. The zero-order valence-corrected chi connectivity index (χ0v) is 17.4. The highest BCUT2D eigenvalue weighted by atomic mass is 16.5. The molecule has 0 radical (unpaired) electrons. The molecule has 0 aliphatic carbocycles. The van der Waals surface area contributed by atoms with Crippen molar-refractivity contribution in [2.24, 2.45) is 5.41 Å². The Kier molecular flexibility index (Phi) is 7.21. The molecular formula is C23H30N2O3. The first-order chi connectivity index (χ1) is 13.3. The molecule has 0 spiro atoms. The number of benzene rings is 2. The number of carbonyl (C=O) groups excluding carboxylic acids is 2. The van der Waals surface area contributed by atoms with Crippen LogP contribution in [0.25, 0.3) is 0 Å². The van der Waals surface area contributed by atoms with Gasteiger partial charge in [0.25, 0.3) is 0 Å². The summed E-state index contributed by atoms with van der Waals surface area (Å²) >= 11 is 0. The predicted molar refractivity (Wildman–Crippen MR) is 112 cm³/mol. The molecule has 150 valence electrons. The zero-order chi connectivity index (χ0) is 20.7. The van der Waals surface area contributed by atoms with Crippen LogP contribution in [0.2, 0.25) is 0 Å². The highest BCUT2D eigenvalue weighted by Gasteiger charge is 2.39. The predicted octanol–water partition coefficient (Wildman–Crippen LogP) is 4.49. The minimum Gasteiger partial charge on any atom is -0.489 e. The molecule has 5 nitrogen and oxygen atoms in total. The molecule has 28 heavy (non-hydrogen) atoms. The second kappa shape index (κ2) is 9.40. The summed E-state index contributed by atoms with van der Waals surface area (Å²) in [6, 6.07) is 17.0. The second-order valence-electron chi connectivity index (χ2n) is 7.55. The normalized spacial score (nSPS) is 11.2. The first-order valence-corrected chi connectivity index (χ1v) is 9.66. The maximum atomic E-state index is 13.1. The van der Waals surface area contributed by atoms with Crippen LogP contribution in [0.3, 0.4) is 0 Å². The Morgan fingerprint density at radius 2 is 1.64 bits per heavy atom. The number of nitrogens with one attached hydrogen (secondary N) is 1. The fraction of sp³-hybridized carbons (Fsp3) is 0.391. The Morgan fingerprint density at radius 3 is 2.25 bits per heavy atom. The molecule has 5 heteroatoms. The van der Waals surface area contributed by atoms with E-state index in [0.717, 1.165) is 5.56 Å². The zero-order valence-electron chi connectivity index (χ0n) is 17.4. The molecule has 0 bridgehead atoms.